The van der Waals surface area contributed by atoms with Gasteiger partial charge in [0.15, 0.2) is 0 Å². The van der Waals surface area contributed by atoms with E-state index in [1.165, 1.54) is 5.56 Å². The van der Waals surface area contributed by atoms with Gasteiger partial charge in [-0.05, 0) is 24.1 Å². The molecule has 4 heteroatoms. The normalized spacial score (nSPS) is 12.3. The Morgan fingerprint density at radius 1 is 1.41 bits per heavy atom. The lowest BCUT2D eigenvalue weighted by Gasteiger charge is -2.24. The van der Waals surface area contributed by atoms with Gasteiger partial charge < -0.3 is 19.8 Å². The molecule has 17 heavy (non-hydrogen) atoms. The molecule has 1 atom stereocenters. The molecule has 1 rings (SSSR count). The topological polar surface area (TPSA) is 52.9 Å². The molecule has 0 aliphatic carbocycles. The van der Waals surface area contributed by atoms with E-state index < -0.39 is 6.10 Å². The number of ether oxygens (including phenoxy) is 1. The number of hydrogen-bond acceptors (Lipinski definition) is 4. The van der Waals surface area contributed by atoms with Crippen LogP contribution >= 0.6 is 0 Å². The Labute approximate surface area is 102 Å². The van der Waals surface area contributed by atoms with Crippen molar-refractivity contribution < 1.29 is 14.9 Å². The SMILES string of the molecule is CCc1ccc(OC)c(N(C)CC(O)CO)c1. The molecule has 0 aliphatic heterocycles. The highest BCUT2D eigenvalue weighted by atomic mass is 16.5. The van der Waals surface area contributed by atoms with Gasteiger partial charge in [0.2, 0.25) is 0 Å². The maximum Gasteiger partial charge on any atom is 0.142 e. The number of aryl methyl sites for hydroxylation is 1. The molecule has 1 aromatic rings. The smallest absolute Gasteiger partial charge is 0.142 e. The third-order valence-electron chi connectivity index (χ3n) is 2.76. The highest BCUT2D eigenvalue weighted by Crippen LogP contribution is 2.28. The molecule has 4 nitrogen and oxygen atoms in total. The second-order valence-corrected chi connectivity index (χ2v) is 4.08. The highest BCUT2D eigenvalue weighted by molar-refractivity contribution is 5.59. The van der Waals surface area contributed by atoms with Crippen LogP contribution in [0.2, 0.25) is 0 Å². The van der Waals surface area contributed by atoms with E-state index in [1.807, 2.05) is 30.1 Å². The minimum absolute atomic E-state index is 0.236. The number of rotatable bonds is 6. The predicted molar refractivity (Wildman–Crippen MR) is 68.7 cm³/mol. The van der Waals surface area contributed by atoms with Gasteiger partial charge in [0.05, 0.1) is 25.5 Å². The summed E-state index contributed by atoms with van der Waals surface area (Å²) in [7, 11) is 3.50. The van der Waals surface area contributed by atoms with Crippen LogP contribution in [0.5, 0.6) is 5.75 Å². The first-order chi connectivity index (χ1) is 8.12. The van der Waals surface area contributed by atoms with Crippen molar-refractivity contribution in [3.05, 3.63) is 23.8 Å². The van der Waals surface area contributed by atoms with Crippen LogP contribution < -0.4 is 9.64 Å². The summed E-state index contributed by atoms with van der Waals surface area (Å²) in [5.74, 6) is 0.773. The number of aliphatic hydroxyl groups is 2. The molecule has 0 bridgehead atoms. The predicted octanol–water partition coefficient (Wildman–Crippen LogP) is 1.05. The monoisotopic (exact) mass is 239 g/mol. The summed E-state index contributed by atoms with van der Waals surface area (Å²) in [6.45, 7) is 2.23. The van der Waals surface area contributed by atoms with Crippen molar-refractivity contribution in [3.63, 3.8) is 0 Å². The first kappa shape index (κ1) is 13.8. The fourth-order valence-corrected chi connectivity index (χ4v) is 1.73. The average Bonchev–Trinajstić information content (AvgIpc) is 2.37. The Hall–Kier alpha value is -1.26. The van der Waals surface area contributed by atoms with Gasteiger partial charge in [-0.3, -0.25) is 0 Å². The van der Waals surface area contributed by atoms with Gasteiger partial charge in [-0.25, -0.2) is 0 Å². The number of likely N-dealkylation sites (N-methyl/N-ethyl adjacent to an activating group) is 1. The fraction of sp³-hybridized carbons (Fsp3) is 0.538. The third kappa shape index (κ3) is 3.61. The molecule has 0 heterocycles. The van der Waals surface area contributed by atoms with Crippen molar-refractivity contribution in [2.24, 2.45) is 0 Å². The molecule has 2 N–H and O–H groups in total. The molecule has 0 fully saturated rings. The lowest BCUT2D eigenvalue weighted by atomic mass is 10.1. The zero-order chi connectivity index (χ0) is 12.8. The van der Waals surface area contributed by atoms with Crippen LogP contribution in [-0.2, 0) is 6.42 Å². The molecule has 0 saturated heterocycles. The molecule has 0 spiro atoms. The van der Waals surface area contributed by atoms with E-state index in [0.717, 1.165) is 17.9 Å². The molecule has 0 aromatic heterocycles. The van der Waals surface area contributed by atoms with E-state index in [1.54, 1.807) is 7.11 Å². The summed E-state index contributed by atoms with van der Waals surface area (Å²) in [4.78, 5) is 1.89. The number of benzene rings is 1. The Balaban J connectivity index is 2.92. The third-order valence-corrected chi connectivity index (χ3v) is 2.76. The van der Waals surface area contributed by atoms with Crippen molar-refractivity contribution >= 4 is 5.69 Å². The lowest BCUT2D eigenvalue weighted by molar-refractivity contribution is 0.101. The summed E-state index contributed by atoms with van der Waals surface area (Å²) in [5, 5.41) is 18.3. The Morgan fingerprint density at radius 3 is 2.65 bits per heavy atom. The van der Waals surface area contributed by atoms with Gasteiger partial charge in [-0.15, -0.1) is 0 Å². The number of nitrogens with zero attached hydrogens (tertiary/aromatic N) is 1. The standard InChI is InChI=1S/C13H21NO3/c1-4-10-5-6-13(17-3)12(7-10)14(2)8-11(16)9-15/h5-7,11,15-16H,4,8-9H2,1-3H3. The van der Waals surface area contributed by atoms with Crippen molar-refractivity contribution in [3.8, 4) is 5.75 Å². The van der Waals surface area contributed by atoms with Gasteiger partial charge in [0.1, 0.15) is 5.75 Å². The van der Waals surface area contributed by atoms with Crippen LogP contribution in [0.1, 0.15) is 12.5 Å². The molecule has 0 amide bonds. The van der Waals surface area contributed by atoms with E-state index in [9.17, 15) is 5.11 Å². The van der Waals surface area contributed by atoms with Crippen LogP contribution in [0.15, 0.2) is 18.2 Å². The van der Waals surface area contributed by atoms with E-state index in [0.29, 0.717) is 6.54 Å². The van der Waals surface area contributed by atoms with Crippen molar-refractivity contribution in [1.82, 2.24) is 0 Å². The Bertz CT molecular complexity index is 355. The highest BCUT2D eigenvalue weighted by Gasteiger charge is 2.12. The number of methoxy groups -OCH3 is 1. The second-order valence-electron chi connectivity index (χ2n) is 4.08. The Morgan fingerprint density at radius 2 is 2.12 bits per heavy atom. The van der Waals surface area contributed by atoms with E-state index in [2.05, 4.69) is 6.92 Å². The number of anilines is 1. The largest absolute Gasteiger partial charge is 0.495 e. The van der Waals surface area contributed by atoms with E-state index >= 15 is 0 Å². The zero-order valence-corrected chi connectivity index (χ0v) is 10.7. The molecular weight excluding hydrogens is 218 g/mol. The summed E-state index contributed by atoms with van der Waals surface area (Å²) >= 11 is 0. The number of hydrogen-bond donors (Lipinski definition) is 2. The summed E-state index contributed by atoms with van der Waals surface area (Å²) in [5.41, 5.74) is 2.14. The van der Waals surface area contributed by atoms with Crippen molar-refractivity contribution in [2.45, 2.75) is 19.4 Å². The van der Waals surface area contributed by atoms with Gasteiger partial charge in [0.25, 0.3) is 0 Å². The molecular formula is C13H21NO3. The van der Waals surface area contributed by atoms with Crippen molar-refractivity contribution in [2.75, 3.05) is 32.2 Å². The van der Waals surface area contributed by atoms with Crippen LogP contribution in [0, 0.1) is 0 Å². The summed E-state index contributed by atoms with van der Waals surface area (Å²) < 4.78 is 5.30. The van der Waals surface area contributed by atoms with Crippen LogP contribution in [0.4, 0.5) is 5.69 Å². The number of aliphatic hydroxyl groups excluding tert-OH is 2. The quantitative estimate of drug-likeness (QED) is 0.779. The maximum atomic E-state index is 9.45. The molecule has 0 aliphatic rings. The van der Waals surface area contributed by atoms with Crippen molar-refractivity contribution in [1.29, 1.82) is 0 Å². The summed E-state index contributed by atoms with van der Waals surface area (Å²) in [6, 6.07) is 6.00. The van der Waals surface area contributed by atoms with Crippen LogP contribution in [0.3, 0.4) is 0 Å². The van der Waals surface area contributed by atoms with Gasteiger partial charge >= 0.3 is 0 Å². The second kappa shape index (κ2) is 6.47. The molecule has 96 valence electrons. The molecule has 1 unspecified atom stereocenters. The van der Waals surface area contributed by atoms with Gasteiger partial charge in [0, 0.05) is 13.6 Å². The van der Waals surface area contributed by atoms with E-state index in [4.69, 9.17) is 9.84 Å². The van der Waals surface area contributed by atoms with Gasteiger partial charge in [-0.1, -0.05) is 13.0 Å². The molecule has 0 saturated carbocycles. The molecule has 1 aromatic carbocycles. The first-order valence-corrected chi connectivity index (χ1v) is 5.79. The minimum Gasteiger partial charge on any atom is -0.495 e. The lowest BCUT2D eigenvalue weighted by Crippen LogP contribution is -2.31. The van der Waals surface area contributed by atoms with Crippen LogP contribution in [-0.4, -0.2) is 43.6 Å². The first-order valence-electron chi connectivity index (χ1n) is 5.79. The van der Waals surface area contributed by atoms with E-state index in [-0.39, 0.29) is 6.61 Å². The minimum atomic E-state index is -0.741. The fourth-order valence-electron chi connectivity index (χ4n) is 1.73. The summed E-state index contributed by atoms with van der Waals surface area (Å²) in [6.07, 6.45) is 0.211. The zero-order valence-electron chi connectivity index (χ0n) is 10.7. The van der Waals surface area contributed by atoms with Crippen LogP contribution in [0.25, 0.3) is 0 Å². The maximum absolute atomic E-state index is 9.45. The van der Waals surface area contributed by atoms with Gasteiger partial charge in [-0.2, -0.15) is 0 Å². The Kier molecular flexibility index (Phi) is 5.25. The molecule has 0 radical (unpaired) electrons. The average molecular weight is 239 g/mol.